The Labute approximate surface area is 142 Å². The van der Waals surface area contributed by atoms with Gasteiger partial charge in [0.15, 0.2) is 6.61 Å². The minimum absolute atomic E-state index is 0.120. The molecule has 0 aliphatic rings. The summed E-state index contributed by atoms with van der Waals surface area (Å²) in [6.45, 7) is 2.45. The van der Waals surface area contributed by atoms with E-state index < -0.39 is 12.8 Å². The zero-order valence-electron chi connectivity index (χ0n) is 13.8. The lowest BCUT2D eigenvalue weighted by atomic mass is 10.1. The van der Waals surface area contributed by atoms with Crippen LogP contribution >= 0.6 is 0 Å². The van der Waals surface area contributed by atoms with Crippen LogP contribution < -0.4 is 10.1 Å². The monoisotopic (exact) mass is 357 g/mol. The van der Waals surface area contributed by atoms with Crippen LogP contribution in [-0.4, -0.2) is 28.8 Å². The van der Waals surface area contributed by atoms with Gasteiger partial charge in [0, 0.05) is 30.8 Å². The summed E-state index contributed by atoms with van der Waals surface area (Å²) in [6.07, 6.45) is -2.24. The summed E-state index contributed by atoms with van der Waals surface area (Å²) < 4.78 is 45.7. The molecule has 0 aromatic carbocycles. The minimum Gasteiger partial charge on any atom is -0.468 e. The summed E-state index contributed by atoms with van der Waals surface area (Å²) in [5.74, 6) is 0.423. The lowest BCUT2D eigenvalue weighted by Gasteiger charge is -2.09. The number of aromatic nitrogens is 2. The molecule has 0 spiro atoms. The zero-order chi connectivity index (χ0) is 18.4. The van der Waals surface area contributed by atoms with E-state index in [0.29, 0.717) is 17.7 Å². The van der Waals surface area contributed by atoms with Gasteiger partial charge in [0.25, 0.3) is 0 Å². The predicted octanol–water partition coefficient (Wildman–Crippen LogP) is 2.88. The molecule has 1 amide bonds. The molecule has 0 fully saturated rings. The van der Waals surface area contributed by atoms with Crippen molar-refractivity contribution in [2.24, 2.45) is 0 Å². The molecule has 0 unspecified atom stereocenters. The number of ether oxygens (including phenoxy) is 1. The number of nitrogens with zero attached hydrogens (tertiary/aromatic N) is 2. The summed E-state index contributed by atoms with van der Waals surface area (Å²) in [7, 11) is 0. The van der Waals surface area contributed by atoms with Crippen molar-refractivity contribution in [1.82, 2.24) is 15.5 Å². The first kappa shape index (κ1) is 18.8. The summed E-state index contributed by atoms with van der Waals surface area (Å²) in [5.41, 5.74) is 2.34. The second-order valence-corrected chi connectivity index (χ2v) is 5.49. The molecule has 2 aromatic rings. The van der Waals surface area contributed by atoms with Gasteiger partial charge in [0.2, 0.25) is 11.8 Å². The van der Waals surface area contributed by atoms with Gasteiger partial charge in [-0.25, -0.2) is 4.98 Å². The van der Waals surface area contributed by atoms with E-state index in [1.54, 1.807) is 13.0 Å². The summed E-state index contributed by atoms with van der Waals surface area (Å²) in [5, 5.41) is 6.55. The standard InChI is InChI=1S/C16H18F3N3O3/c1-10-13(11(2)25-22-10)4-5-14(23)20-7-12-3-6-15(21-8-12)24-9-16(17,18)19/h3,6,8H,4-5,7,9H2,1-2H3,(H,20,23). The van der Waals surface area contributed by atoms with Crippen molar-refractivity contribution in [3.05, 3.63) is 40.9 Å². The fourth-order valence-corrected chi connectivity index (χ4v) is 2.14. The molecule has 2 heterocycles. The summed E-state index contributed by atoms with van der Waals surface area (Å²) in [4.78, 5) is 15.7. The highest BCUT2D eigenvalue weighted by Gasteiger charge is 2.28. The molecule has 136 valence electrons. The first-order valence-electron chi connectivity index (χ1n) is 7.57. The van der Waals surface area contributed by atoms with Gasteiger partial charge in [-0.15, -0.1) is 0 Å². The Morgan fingerprint density at radius 3 is 2.64 bits per heavy atom. The molecule has 0 bridgehead atoms. The first-order chi connectivity index (χ1) is 11.7. The lowest BCUT2D eigenvalue weighted by Crippen LogP contribution is -2.23. The highest BCUT2D eigenvalue weighted by molar-refractivity contribution is 5.76. The maximum Gasteiger partial charge on any atom is 0.422 e. The Balaban J connectivity index is 1.76. The number of rotatable bonds is 7. The van der Waals surface area contributed by atoms with Crippen LogP contribution in [0.1, 0.15) is 29.0 Å². The second kappa shape index (κ2) is 8.00. The Morgan fingerprint density at radius 2 is 2.08 bits per heavy atom. The van der Waals surface area contributed by atoms with Gasteiger partial charge in [-0.1, -0.05) is 11.2 Å². The smallest absolute Gasteiger partial charge is 0.422 e. The third kappa shape index (κ3) is 6.09. The van der Waals surface area contributed by atoms with Crippen LogP contribution in [0.5, 0.6) is 5.88 Å². The number of carbonyl (C=O) groups is 1. The molecule has 9 heteroatoms. The maximum absolute atomic E-state index is 12.0. The van der Waals surface area contributed by atoms with Gasteiger partial charge in [0.1, 0.15) is 5.76 Å². The highest BCUT2D eigenvalue weighted by atomic mass is 19.4. The van der Waals surface area contributed by atoms with E-state index >= 15 is 0 Å². The van der Waals surface area contributed by atoms with Crippen molar-refractivity contribution >= 4 is 5.91 Å². The number of aryl methyl sites for hydroxylation is 2. The van der Waals surface area contributed by atoms with Gasteiger partial charge >= 0.3 is 6.18 Å². The van der Waals surface area contributed by atoms with Crippen LogP contribution in [0, 0.1) is 13.8 Å². The van der Waals surface area contributed by atoms with E-state index in [1.165, 1.54) is 12.3 Å². The van der Waals surface area contributed by atoms with Crippen molar-refractivity contribution in [2.45, 2.75) is 39.4 Å². The minimum atomic E-state index is -4.41. The molecule has 1 N–H and O–H groups in total. The number of hydrogen-bond donors (Lipinski definition) is 1. The fourth-order valence-electron chi connectivity index (χ4n) is 2.14. The normalized spacial score (nSPS) is 11.4. The molecule has 0 aliphatic heterocycles. The average Bonchev–Trinajstić information content (AvgIpc) is 2.87. The van der Waals surface area contributed by atoms with Crippen LogP contribution in [0.2, 0.25) is 0 Å². The largest absolute Gasteiger partial charge is 0.468 e. The van der Waals surface area contributed by atoms with Crippen molar-refractivity contribution in [3.8, 4) is 5.88 Å². The Hall–Kier alpha value is -2.58. The molecule has 0 atom stereocenters. The van der Waals surface area contributed by atoms with Crippen molar-refractivity contribution in [1.29, 1.82) is 0 Å². The number of hydrogen-bond acceptors (Lipinski definition) is 5. The molecule has 2 rings (SSSR count). The van der Waals surface area contributed by atoms with Gasteiger partial charge in [-0.2, -0.15) is 13.2 Å². The molecule has 25 heavy (non-hydrogen) atoms. The fraction of sp³-hybridized carbons (Fsp3) is 0.438. The Kier molecular flexibility index (Phi) is 6.00. The predicted molar refractivity (Wildman–Crippen MR) is 81.9 cm³/mol. The number of nitrogens with one attached hydrogen (secondary N) is 1. The third-order valence-corrected chi connectivity index (χ3v) is 3.45. The lowest BCUT2D eigenvalue weighted by molar-refractivity contribution is -0.154. The third-order valence-electron chi connectivity index (χ3n) is 3.45. The molecule has 0 saturated heterocycles. The number of carbonyl (C=O) groups excluding carboxylic acids is 1. The van der Waals surface area contributed by atoms with Crippen LogP contribution in [0.3, 0.4) is 0 Å². The Morgan fingerprint density at radius 1 is 1.32 bits per heavy atom. The van der Waals surface area contributed by atoms with Crippen LogP contribution in [-0.2, 0) is 17.8 Å². The number of pyridine rings is 1. The number of amides is 1. The van der Waals surface area contributed by atoms with Crippen LogP contribution in [0.25, 0.3) is 0 Å². The Bertz CT molecular complexity index is 692. The molecule has 0 aliphatic carbocycles. The summed E-state index contributed by atoms with van der Waals surface area (Å²) >= 11 is 0. The second-order valence-electron chi connectivity index (χ2n) is 5.49. The van der Waals surface area contributed by atoms with Gasteiger partial charge in [-0.3, -0.25) is 4.79 Å². The van der Waals surface area contributed by atoms with Gasteiger partial charge < -0.3 is 14.6 Å². The first-order valence-corrected chi connectivity index (χ1v) is 7.57. The van der Waals surface area contributed by atoms with Crippen molar-refractivity contribution < 1.29 is 27.2 Å². The number of halogens is 3. The van der Waals surface area contributed by atoms with E-state index in [1.807, 2.05) is 6.92 Å². The van der Waals surface area contributed by atoms with Crippen molar-refractivity contribution in [2.75, 3.05) is 6.61 Å². The molecule has 6 nitrogen and oxygen atoms in total. The molecular weight excluding hydrogens is 339 g/mol. The van der Waals surface area contributed by atoms with E-state index in [-0.39, 0.29) is 24.8 Å². The van der Waals surface area contributed by atoms with Gasteiger partial charge in [-0.05, 0) is 25.8 Å². The number of alkyl halides is 3. The highest BCUT2D eigenvalue weighted by Crippen LogP contribution is 2.17. The average molecular weight is 357 g/mol. The van der Waals surface area contributed by atoms with E-state index in [4.69, 9.17) is 4.52 Å². The van der Waals surface area contributed by atoms with E-state index in [9.17, 15) is 18.0 Å². The molecular formula is C16H18F3N3O3. The molecule has 2 aromatic heterocycles. The summed E-state index contributed by atoms with van der Waals surface area (Å²) in [6, 6.07) is 2.88. The van der Waals surface area contributed by atoms with Crippen LogP contribution in [0.15, 0.2) is 22.9 Å². The molecule has 0 radical (unpaired) electrons. The van der Waals surface area contributed by atoms with Gasteiger partial charge in [0.05, 0.1) is 5.69 Å². The van der Waals surface area contributed by atoms with E-state index in [0.717, 1.165) is 11.3 Å². The topological polar surface area (TPSA) is 77.2 Å². The van der Waals surface area contributed by atoms with Crippen LogP contribution in [0.4, 0.5) is 13.2 Å². The quantitative estimate of drug-likeness (QED) is 0.824. The van der Waals surface area contributed by atoms with E-state index in [2.05, 4.69) is 20.2 Å². The SMILES string of the molecule is Cc1noc(C)c1CCC(=O)NCc1ccc(OCC(F)(F)F)nc1. The zero-order valence-corrected chi connectivity index (χ0v) is 13.8. The maximum atomic E-state index is 12.0. The molecule has 0 saturated carbocycles. The van der Waals surface area contributed by atoms with Crippen molar-refractivity contribution in [3.63, 3.8) is 0 Å².